The van der Waals surface area contributed by atoms with Crippen molar-refractivity contribution in [3.05, 3.63) is 34.9 Å². The zero-order valence-electron chi connectivity index (χ0n) is 11.0. The fourth-order valence-corrected chi connectivity index (χ4v) is 4.56. The number of hydrogen-bond donors (Lipinski definition) is 1. The molecule has 1 atom stereocenters. The van der Waals surface area contributed by atoms with E-state index in [1.807, 2.05) is 18.2 Å². The number of nitrogens with one attached hydrogen (secondary N) is 1. The van der Waals surface area contributed by atoms with E-state index in [1.54, 1.807) is 12.3 Å². The van der Waals surface area contributed by atoms with Gasteiger partial charge in [0.25, 0.3) is 0 Å². The monoisotopic (exact) mass is 368 g/mol. The van der Waals surface area contributed by atoms with Crippen LogP contribution in [0.25, 0.3) is 10.9 Å². The second-order valence-corrected chi connectivity index (χ2v) is 8.26. The number of rotatable bonds is 2. The number of sulfone groups is 1. The third-order valence-electron chi connectivity index (χ3n) is 3.54. The number of fused-ring (bicyclic) bond motifs is 1. The average molecular weight is 369 g/mol. The van der Waals surface area contributed by atoms with Crippen molar-refractivity contribution in [1.82, 2.24) is 4.98 Å². The van der Waals surface area contributed by atoms with E-state index in [-0.39, 0.29) is 17.4 Å². The van der Waals surface area contributed by atoms with E-state index in [0.29, 0.717) is 17.6 Å². The molecule has 21 heavy (non-hydrogen) atoms. The lowest BCUT2D eigenvalue weighted by Gasteiger charge is -2.11. The largest absolute Gasteiger partial charge is 0.324 e. The molecule has 3 rings (SSSR count). The Kier molecular flexibility index (Phi) is 3.71. The molecule has 1 aromatic heterocycles. The van der Waals surface area contributed by atoms with Gasteiger partial charge >= 0.3 is 0 Å². The van der Waals surface area contributed by atoms with Crippen LogP contribution in [0.1, 0.15) is 6.42 Å². The number of halogens is 1. The summed E-state index contributed by atoms with van der Waals surface area (Å²) in [6.45, 7) is 0. The van der Waals surface area contributed by atoms with E-state index < -0.39 is 15.8 Å². The van der Waals surface area contributed by atoms with E-state index in [0.717, 1.165) is 9.86 Å². The number of aromatic nitrogens is 1. The minimum Gasteiger partial charge on any atom is -0.324 e. The number of benzene rings is 1. The summed E-state index contributed by atoms with van der Waals surface area (Å²) in [6.07, 6.45) is 2.05. The van der Waals surface area contributed by atoms with Gasteiger partial charge in [-0.2, -0.15) is 0 Å². The Hall–Kier alpha value is -1.47. The molecule has 110 valence electrons. The third-order valence-corrected chi connectivity index (χ3v) is 5.74. The van der Waals surface area contributed by atoms with Crippen LogP contribution in [0.2, 0.25) is 0 Å². The molecule has 0 radical (unpaired) electrons. The zero-order chi connectivity index (χ0) is 15.0. The van der Waals surface area contributed by atoms with E-state index in [1.165, 1.54) is 0 Å². The summed E-state index contributed by atoms with van der Waals surface area (Å²) in [7, 11) is -3.06. The van der Waals surface area contributed by atoms with E-state index in [9.17, 15) is 13.2 Å². The molecule has 0 bridgehead atoms. The van der Waals surface area contributed by atoms with Crippen LogP contribution < -0.4 is 5.32 Å². The molecule has 1 amide bonds. The van der Waals surface area contributed by atoms with Crippen molar-refractivity contribution in [2.45, 2.75) is 6.42 Å². The Labute approximate surface area is 130 Å². The van der Waals surface area contributed by atoms with Crippen LogP contribution in [0.3, 0.4) is 0 Å². The van der Waals surface area contributed by atoms with Crippen LogP contribution in [0.5, 0.6) is 0 Å². The first-order chi connectivity index (χ1) is 9.94. The second kappa shape index (κ2) is 5.38. The minimum atomic E-state index is -3.06. The van der Waals surface area contributed by atoms with E-state index in [4.69, 9.17) is 0 Å². The van der Waals surface area contributed by atoms with Crippen LogP contribution in [-0.4, -0.2) is 30.8 Å². The molecule has 1 unspecified atom stereocenters. The molecule has 1 N–H and O–H groups in total. The Bertz CT molecular complexity index is 820. The summed E-state index contributed by atoms with van der Waals surface area (Å²) in [5.74, 6) is -0.706. The molecule has 2 heterocycles. The molecular formula is C14H13BrN2O3S. The van der Waals surface area contributed by atoms with Crippen LogP contribution in [-0.2, 0) is 14.6 Å². The standard InChI is InChI=1S/C14H13BrN2O3S/c15-11-6-9-2-1-3-12(13(9)16-7-11)17-14(18)10-4-5-21(19,20)8-10/h1-3,6-7,10H,4-5,8H2,(H,17,18). The maximum absolute atomic E-state index is 12.2. The lowest BCUT2D eigenvalue weighted by atomic mass is 10.1. The second-order valence-electron chi connectivity index (χ2n) is 5.12. The summed E-state index contributed by atoms with van der Waals surface area (Å²) in [5.41, 5.74) is 1.30. The molecule has 0 saturated carbocycles. The predicted octanol–water partition coefficient (Wildman–Crippen LogP) is 2.37. The molecule has 0 spiro atoms. The van der Waals surface area contributed by atoms with Crippen molar-refractivity contribution in [2.75, 3.05) is 16.8 Å². The first-order valence-electron chi connectivity index (χ1n) is 6.50. The Morgan fingerprint density at radius 1 is 1.38 bits per heavy atom. The molecule has 1 aromatic carbocycles. The van der Waals surface area contributed by atoms with Crippen LogP contribution in [0.15, 0.2) is 34.9 Å². The number of anilines is 1. The quantitative estimate of drug-likeness (QED) is 0.882. The van der Waals surface area contributed by atoms with Gasteiger partial charge in [0.15, 0.2) is 9.84 Å². The van der Waals surface area contributed by atoms with Crippen molar-refractivity contribution in [3.8, 4) is 0 Å². The summed E-state index contributed by atoms with van der Waals surface area (Å²) < 4.78 is 23.8. The van der Waals surface area contributed by atoms with Gasteiger partial charge in [-0.05, 0) is 34.5 Å². The third kappa shape index (κ3) is 3.08. The van der Waals surface area contributed by atoms with Gasteiger partial charge in [0.1, 0.15) is 0 Å². The topological polar surface area (TPSA) is 76.1 Å². The number of para-hydroxylation sites is 1. The highest BCUT2D eigenvalue weighted by molar-refractivity contribution is 9.10. The predicted molar refractivity (Wildman–Crippen MR) is 84.8 cm³/mol. The molecule has 2 aromatic rings. The van der Waals surface area contributed by atoms with Gasteiger partial charge < -0.3 is 5.32 Å². The van der Waals surface area contributed by atoms with Gasteiger partial charge in [-0.1, -0.05) is 12.1 Å². The molecule has 1 aliphatic heterocycles. The van der Waals surface area contributed by atoms with Gasteiger partial charge in [0.2, 0.25) is 5.91 Å². The lowest BCUT2D eigenvalue weighted by Crippen LogP contribution is -2.23. The van der Waals surface area contributed by atoms with Gasteiger partial charge in [0, 0.05) is 16.1 Å². The fourth-order valence-electron chi connectivity index (χ4n) is 2.47. The van der Waals surface area contributed by atoms with Crippen LogP contribution in [0, 0.1) is 5.92 Å². The number of nitrogens with zero attached hydrogens (tertiary/aromatic N) is 1. The summed E-state index contributed by atoms with van der Waals surface area (Å²) in [6, 6.07) is 7.42. The summed E-state index contributed by atoms with van der Waals surface area (Å²) >= 11 is 3.36. The summed E-state index contributed by atoms with van der Waals surface area (Å²) in [5, 5.41) is 3.71. The van der Waals surface area contributed by atoms with Crippen molar-refractivity contribution < 1.29 is 13.2 Å². The Morgan fingerprint density at radius 2 is 2.19 bits per heavy atom. The number of amides is 1. The molecular weight excluding hydrogens is 356 g/mol. The van der Waals surface area contributed by atoms with Crippen molar-refractivity contribution in [2.24, 2.45) is 5.92 Å². The SMILES string of the molecule is O=C(Nc1cccc2cc(Br)cnc12)C1CCS(=O)(=O)C1. The molecule has 5 nitrogen and oxygen atoms in total. The highest BCUT2D eigenvalue weighted by Crippen LogP contribution is 2.26. The van der Waals surface area contributed by atoms with Gasteiger partial charge in [-0.3, -0.25) is 9.78 Å². The zero-order valence-corrected chi connectivity index (χ0v) is 13.4. The molecule has 0 aliphatic carbocycles. The normalized spacial score (nSPS) is 20.5. The number of hydrogen-bond acceptors (Lipinski definition) is 4. The van der Waals surface area contributed by atoms with Crippen molar-refractivity contribution in [1.29, 1.82) is 0 Å². The molecule has 7 heteroatoms. The smallest absolute Gasteiger partial charge is 0.228 e. The van der Waals surface area contributed by atoms with E-state index in [2.05, 4.69) is 26.2 Å². The van der Waals surface area contributed by atoms with Crippen LogP contribution >= 0.6 is 15.9 Å². The first kappa shape index (κ1) is 14.5. The maximum atomic E-state index is 12.2. The number of carbonyl (C=O) groups is 1. The highest BCUT2D eigenvalue weighted by Gasteiger charge is 2.33. The fraction of sp³-hybridized carbons (Fsp3) is 0.286. The summed E-state index contributed by atoms with van der Waals surface area (Å²) in [4.78, 5) is 16.5. The van der Waals surface area contributed by atoms with Gasteiger partial charge in [0.05, 0.1) is 28.6 Å². The number of carbonyl (C=O) groups excluding carboxylic acids is 1. The lowest BCUT2D eigenvalue weighted by molar-refractivity contribution is -0.119. The first-order valence-corrected chi connectivity index (χ1v) is 9.12. The van der Waals surface area contributed by atoms with Crippen LogP contribution in [0.4, 0.5) is 5.69 Å². The molecule has 1 fully saturated rings. The Balaban J connectivity index is 1.87. The molecule has 1 saturated heterocycles. The van der Waals surface area contributed by atoms with Gasteiger partial charge in [-0.15, -0.1) is 0 Å². The van der Waals surface area contributed by atoms with Crippen molar-refractivity contribution >= 4 is 48.3 Å². The Morgan fingerprint density at radius 3 is 2.90 bits per heavy atom. The average Bonchev–Trinajstić information content (AvgIpc) is 2.79. The maximum Gasteiger partial charge on any atom is 0.228 e. The van der Waals surface area contributed by atoms with Crippen molar-refractivity contribution in [3.63, 3.8) is 0 Å². The number of pyridine rings is 1. The van der Waals surface area contributed by atoms with Gasteiger partial charge in [-0.25, -0.2) is 8.42 Å². The minimum absolute atomic E-state index is 0.0669. The van der Waals surface area contributed by atoms with E-state index >= 15 is 0 Å². The molecule has 1 aliphatic rings. The highest BCUT2D eigenvalue weighted by atomic mass is 79.9.